The van der Waals surface area contributed by atoms with Crippen molar-refractivity contribution in [1.82, 2.24) is 15.6 Å². The third-order valence-corrected chi connectivity index (χ3v) is 4.11. The van der Waals surface area contributed by atoms with Crippen LogP contribution in [0.2, 0.25) is 0 Å². The molecule has 1 saturated heterocycles. The highest BCUT2D eigenvalue weighted by Crippen LogP contribution is 2.37. The normalized spacial score (nSPS) is 17.4. The number of pyridine rings is 1. The van der Waals surface area contributed by atoms with Crippen molar-refractivity contribution in [2.75, 3.05) is 31.6 Å². The first kappa shape index (κ1) is 22.6. The maximum Gasteiger partial charge on any atom is 0.354 e. The minimum absolute atomic E-state index is 0.132. The molecular formula is C19H28F2N4O4. The van der Waals surface area contributed by atoms with Crippen molar-refractivity contribution in [2.24, 2.45) is 5.92 Å². The lowest BCUT2D eigenvalue weighted by Gasteiger charge is -2.40. The predicted octanol–water partition coefficient (Wildman–Crippen LogP) is 2.74. The van der Waals surface area contributed by atoms with Gasteiger partial charge in [-0.1, -0.05) is 0 Å². The Bertz CT molecular complexity index is 740. The van der Waals surface area contributed by atoms with E-state index >= 15 is 0 Å². The molecule has 3 rings (SSSR count). The summed E-state index contributed by atoms with van der Waals surface area (Å²) in [5, 5.41) is 14.1. The minimum atomic E-state index is -2.70. The van der Waals surface area contributed by atoms with Crippen LogP contribution in [0.25, 0.3) is 0 Å². The van der Waals surface area contributed by atoms with Gasteiger partial charge in [0, 0.05) is 12.6 Å². The molecule has 8 nitrogen and oxygen atoms in total. The van der Waals surface area contributed by atoms with Crippen molar-refractivity contribution in [3.05, 3.63) is 17.8 Å². The van der Waals surface area contributed by atoms with Gasteiger partial charge in [0.2, 0.25) is 5.88 Å². The second-order valence-corrected chi connectivity index (χ2v) is 8.25. The number of ether oxygens (including phenoxy) is 1. The molecule has 2 fully saturated rings. The minimum Gasteiger partial charge on any atom is -0.477 e. The fraction of sp³-hybridized carbons (Fsp3) is 0.632. The van der Waals surface area contributed by atoms with Crippen LogP contribution in [0.4, 0.5) is 19.3 Å². The van der Waals surface area contributed by atoms with Gasteiger partial charge in [0.15, 0.2) is 5.69 Å². The van der Waals surface area contributed by atoms with Crippen LogP contribution in [0.3, 0.4) is 0 Å². The first-order chi connectivity index (χ1) is 13.4. The molecule has 2 amide bonds. The van der Waals surface area contributed by atoms with Crippen LogP contribution in [0.5, 0.6) is 5.88 Å². The van der Waals surface area contributed by atoms with E-state index in [1.54, 1.807) is 7.05 Å². The largest absolute Gasteiger partial charge is 0.477 e. The number of anilines is 1. The van der Waals surface area contributed by atoms with Gasteiger partial charge in [0.1, 0.15) is 5.69 Å². The van der Waals surface area contributed by atoms with Gasteiger partial charge >= 0.3 is 12.0 Å². The fourth-order valence-corrected chi connectivity index (χ4v) is 2.47. The smallest absolute Gasteiger partial charge is 0.354 e. The van der Waals surface area contributed by atoms with Crippen LogP contribution in [0.15, 0.2) is 12.1 Å². The predicted molar refractivity (Wildman–Crippen MR) is 104 cm³/mol. The number of nitrogens with one attached hydrogen (secondary N) is 2. The van der Waals surface area contributed by atoms with Crippen molar-refractivity contribution in [3.8, 4) is 5.88 Å². The number of hydrogen-bond donors (Lipinski definition) is 3. The summed E-state index contributed by atoms with van der Waals surface area (Å²) in [7, 11) is 1.60. The summed E-state index contributed by atoms with van der Waals surface area (Å²) < 4.78 is 31.4. The number of carbonyl (C=O) groups is 2. The third-order valence-electron chi connectivity index (χ3n) is 4.11. The number of urea groups is 1. The zero-order chi connectivity index (χ0) is 21.8. The highest BCUT2D eigenvalue weighted by atomic mass is 19.3. The maximum atomic E-state index is 12.9. The summed E-state index contributed by atoms with van der Waals surface area (Å²) in [6, 6.07) is 2.65. The van der Waals surface area contributed by atoms with Crippen LogP contribution in [0, 0.1) is 5.92 Å². The lowest BCUT2D eigenvalue weighted by molar-refractivity contribution is -0.0265. The molecule has 2 aliphatic rings. The number of amides is 2. The monoisotopic (exact) mass is 414 g/mol. The van der Waals surface area contributed by atoms with E-state index in [1.807, 2.05) is 20.8 Å². The molecule has 162 valence electrons. The number of nitrogens with zero attached hydrogens (tertiary/aromatic N) is 2. The van der Waals surface area contributed by atoms with Crippen molar-refractivity contribution in [3.63, 3.8) is 0 Å². The Morgan fingerprint density at radius 3 is 2.34 bits per heavy atom. The Morgan fingerprint density at radius 1 is 1.31 bits per heavy atom. The summed E-state index contributed by atoms with van der Waals surface area (Å²) in [5.41, 5.74) is 0.147. The first-order valence-corrected chi connectivity index (χ1v) is 9.40. The van der Waals surface area contributed by atoms with Gasteiger partial charge in [-0.05, 0) is 51.7 Å². The molecule has 3 N–H and O–H groups in total. The molecule has 1 aromatic rings. The number of aromatic nitrogens is 1. The average molecular weight is 414 g/mol. The SMILES string of the molecule is CNC(=O)NC(C)(C)C.O=C(O)c1ccc(N2CC(F)(F)C2)c(OCC2CC2)n1. The molecule has 29 heavy (non-hydrogen) atoms. The first-order valence-electron chi connectivity index (χ1n) is 9.40. The number of carboxylic acid groups (broad SMARTS) is 1. The molecule has 1 aliphatic heterocycles. The summed E-state index contributed by atoms with van der Waals surface area (Å²) in [6.07, 6.45) is 2.16. The molecule has 1 saturated carbocycles. The van der Waals surface area contributed by atoms with E-state index in [0.717, 1.165) is 12.8 Å². The van der Waals surface area contributed by atoms with E-state index < -0.39 is 11.9 Å². The Labute approximate surface area is 168 Å². The molecule has 1 aliphatic carbocycles. The molecule has 0 atom stereocenters. The number of hydrogen-bond acceptors (Lipinski definition) is 5. The van der Waals surface area contributed by atoms with Gasteiger partial charge in [-0.3, -0.25) is 0 Å². The van der Waals surface area contributed by atoms with Crippen LogP contribution in [0.1, 0.15) is 44.1 Å². The number of halogens is 2. The maximum absolute atomic E-state index is 12.9. The van der Waals surface area contributed by atoms with Crippen LogP contribution in [-0.4, -0.2) is 60.3 Å². The number of aromatic carboxylic acids is 1. The van der Waals surface area contributed by atoms with Gasteiger partial charge in [0.05, 0.1) is 19.7 Å². The highest BCUT2D eigenvalue weighted by molar-refractivity contribution is 5.86. The van der Waals surface area contributed by atoms with E-state index in [4.69, 9.17) is 9.84 Å². The molecule has 0 aromatic carbocycles. The quantitative estimate of drug-likeness (QED) is 0.685. The average Bonchev–Trinajstić information content (AvgIpc) is 3.41. The van der Waals surface area contributed by atoms with Crippen LogP contribution < -0.4 is 20.3 Å². The van der Waals surface area contributed by atoms with Crippen LogP contribution >= 0.6 is 0 Å². The lowest BCUT2D eigenvalue weighted by Crippen LogP contribution is -2.56. The lowest BCUT2D eigenvalue weighted by atomic mass is 10.1. The second kappa shape index (κ2) is 8.79. The standard InChI is InChI=1S/C13H14F2N2O3.C6H14N2O/c14-13(15)6-17(7-13)10-4-3-9(12(18)19)16-11(10)20-5-8-1-2-8;1-6(2,3)8-5(9)7-4/h3-4,8H,1-2,5-7H2,(H,18,19);1-4H3,(H2,7,8,9). The van der Waals surface area contributed by atoms with E-state index in [0.29, 0.717) is 18.2 Å². The fourth-order valence-electron chi connectivity index (χ4n) is 2.47. The van der Waals surface area contributed by atoms with Crippen molar-refractivity contribution in [1.29, 1.82) is 0 Å². The zero-order valence-corrected chi connectivity index (χ0v) is 17.1. The molecule has 1 aromatic heterocycles. The molecular weight excluding hydrogens is 386 g/mol. The molecule has 0 unspecified atom stereocenters. The number of carbonyl (C=O) groups excluding carboxylic acids is 1. The number of alkyl halides is 2. The Morgan fingerprint density at radius 2 is 1.93 bits per heavy atom. The van der Waals surface area contributed by atoms with Gasteiger partial charge < -0.3 is 25.4 Å². The van der Waals surface area contributed by atoms with E-state index in [2.05, 4.69) is 15.6 Å². The molecule has 0 bridgehead atoms. The molecule has 2 heterocycles. The third kappa shape index (κ3) is 7.35. The number of rotatable bonds is 5. The van der Waals surface area contributed by atoms with E-state index in [1.165, 1.54) is 17.0 Å². The van der Waals surface area contributed by atoms with Gasteiger partial charge in [-0.25, -0.2) is 23.4 Å². The number of carboxylic acids is 1. The molecule has 10 heteroatoms. The molecule has 0 spiro atoms. The Balaban J connectivity index is 0.000000284. The van der Waals surface area contributed by atoms with Crippen molar-refractivity contribution >= 4 is 17.7 Å². The van der Waals surface area contributed by atoms with Gasteiger partial charge in [-0.2, -0.15) is 0 Å². The highest BCUT2D eigenvalue weighted by Gasteiger charge is 2.45. The van der Waals surface area contributed by atoms with Gasteiger partial charge in [0.25, 0.3) is 5.92 Å². The Kier molecular flexibility index (Phi) is 6.86. The van der Waals surface area contributed by atoms with E-state index in [9.17, 15) is 18.4 Å². The van der Waals surface area contributed by atoms with Crippen LogP contribution in [-0.2, 0) is 0 Å². The van der Waals surface area contributed by atoms with E-state index in [-0.39, 0.29) is 36.2 Å². The van der Waals surface area contributed by atoms with Crippen molar-refractivity contribution in [2.45, 2.75) is 45.1 Å². The zero-order valence-electron chi connectivity index (χ0n) is 17.1. The van der Waals surface area contributed by atoms with Crippen molar-refractivity contribution < 1.29 is 28.2 Å². The summed E-state index contributed by atoms with van der Waals surface area (Å²) >= 11 is 0. The topological polar surface area (TPSA) is 104 Å². The summed E-state index contributed by atoms with van der Waals surface area (Å²) in [4.78, 5) is 26.9. The second-order valence-electron chi connectivity index (χ2n) is 8.25. The Hall–Kier alpha value is -2.65. The molecule has 0 radical (unpaired) electrons. The summed E-state index contributed by atoms with van der Waals surface area (Å²) in [5.74, 6) is -3.26. The summed E-state index contributed by atoms with van der Waals surface area (Å²) in [6.45, 7) is 5.47. The van der Waals surface area contributed by atoms with Gasteiger partial charge in [-0.15, -0.1) is 0 Å².